The second-order valence-electron chi connectivity index (χ2n) is 8.65. The van der Waals surface area contributed by atoms with Crippen LogP contribution in [0.4, 0.5) is 5.69 Å². The lowest BCUT2D eigenvalue weighted by molar-refractivity contribution is -0.141. The van der Waals surface area contributed by atoms with Crippen LogP contribution in [0.15, 0.2) is 47.4 Å². The van der Waals surface area contributed by atoms with E-state index in [1.54, 1.807) is 22.5 Å². The maximum atomic E-state index is 13.5. The first-order valence-corrected chi connectivity index (χ1v) is 11.8. The average molecular weight is 429 g/mol. The van der Waals surface area contributed by atoms with E-state index in [9.17, 15) is 18.3 Å². The van der Waals surface area contributed by atoms with Crippen molar-refractivity contribution in [3.63, 3.8) is 0 Å². The molecular weight excluding hydrogens is 400 g/mol. The van der Waals surface area contributed by atoms with Crippen LogP contribution in [-0.2, 0) is 27.7 Å². The molecule has 1 unspecified atom stereocenters. The van der Waals surface area contributed by atoms with Gasteiger partial charge >= 0.3 is 5.97 Å². The summed E-state index contributed by atoms with van der Waals surface area (Å²) in [6, 6.07) is 13.0. The predicted octanol–water partition coefficient (Wildman–Crippen LogP) is 3.08. The third-order valence-corrected chi connectivity index (χ3v) is 8.40. The Morgan fingerprint density at radius 2 is 1.57 bits per heavy atom. The number of anilines is 1. The summed E-state index contributed by atoms with van der Waals surface area (Å²) >= 11 is 0. The summed E-state index contributed by atoms with van der Waals surface area (Å²) in [4.78, 5) is 13.8. The van der Waals surface area contributed by atoms with Gasteiger partial charge in [0.15, 0.2) is 0 Å². The van der Waals surface area contributed by atoms with E-state index in [1.807, 2.05) is 13.8 Å². The number of hydrogen-bond acceptors (Lipinski definition) is 4. The largest absolute Gasteiger partial charge is 0.481 e. The van der Waals surface area contributed by atoms with Crippen LogP contribution in [0, 0.1) is 12.8 Å². The molecule has 1 heterocycles. The first-order chi connectivity index (χ1) is 14.2. The van der Waals surface area contributed by atoms with Crippen molar-refractivity contribution in [3.8, 4) is 0 Å². The van der Waals surface area contributed by atoms with Gasteiger partial charge in [0.1, 0.15) is 0 Å². The second kappa shape index (κ2) is 7.71. The number of carboxylic acid groups (broad SMARTS) is 1. The summed E-state index contributed by atoms with van der Waals surface area (Å²) in [7, 11) is -3.67. The van der Waals surface area contributed by atoms with Crippen molar-refractivity contribution in [3.05, 3.63) is 59.2 Å². The molecular formula is C23H28N2O4S. The van der Waals surface area contributed by atoms with E-state index in [2.05, 4.69) is 36.1 Å². The maximum Gasteiger partial charge on any atom is 0.307 e. The Kier molecular flexibility index (Phi) is 5.36. The van der Waals surface area contributed by atoms with E-state index in [0.717, 1.165) is 16.8 Å². The molecule has 1 saturated heterocycles. The van der Waals surface area contributed by atoms with Crippen molar-refractivity contribution < 1.29 is 18.3 Å². The van der Waals surface area contributed by atoms with Crippen LogP contribution >= 0.6 is 0 Å². The number of fused-ring (bicyclic) bond motifs is 1. The molecule has 6 nitrogen and oxygen atoms in total. The first-order valence-electron chi connectivity index (χ1n) is 10.4. The molecule has 0 amide bonds. The van der Waals surface area contributed by atoms with Crippen molar-refractivity contribution in [2.24, 2.45) is 5.92 Å². The van der Waals surface area contributed by atoms with E-state index in [4.69, 9.17) is 0 Å². The molecule has 0 bridgehead atoms. The lowest BCUT2D eigenvalue weighted by Gasteiger charge is -2.44. The van der Waals surface area contributed by atoms with Crippen molar-refractivity contribution in [1.82, 2.24) is 4.31 Å². The molecule has 1 N–H and O–H groups in total. The van der Waals surface area contributed by atoms with Crippen LogP contribution in [0.25, 0.3) is 0 Å². The standard InChI is InChI=1S/C23H28N2O4S/c1-15-4-7-21(8-5-15)24-13-16(2)25(17(3)14-24)30(28,29)22-9-6-18-10-20(23(26)27)11-19(18)12-22/h4-9,12,16-17,20H,10-11,13-14H2,1-3H3,(H,26,27)/t16-,17+,20?. The molecule has 0 spiro atoms. The van der Waals surface area contributed by atoms with Gasteiger partial charge in [0.25, 0.3) is 0 Å². The number of rotatable bonds is 4. The van der Waals surface area contributed by atoms with Gasteiger partial charge in [0.2, 0.25) is 10.0 Å². The van der Waals surface area contributed by atoms with Gasteiger partial charge in [-0.3, -0.25) is 4.79 Å². The quantitative estimate of drug-likeness (QED) is 0.810. The normalized spacial score (nSPS) is 24.6. The SMILES string of the molecule is Cc1ccc(N2C[C@@H](C)N(S(=O)(=O)c3ccc4c(c3)CC(C(=O)O)C4)[C@@H](C)C2)cc1. The van der Waals surface area contributed by atoms with Crippen molar-refractivity contribution in [2.45, 2.75) is 50.6 Å². The highest BCUT2D eigenvalue weighted by molar-refractivity contribution is 7.89. The molecule has 2 aliphatic rings. The minimum atomic E-state index is -3.67. The highest BCUT2D eigenvalue weighted by Crippen LogP contribution is 2.32. The van der Waals surface area contributed by atoms with Gasteiger partial charge < -0.3 is 10.0 Å². The molecule has 2 aromatic carbocycles. The van der Waals surface area contributed by atoms with Gasteiger partial charge in [-0.05, 0) is 69.0 Å². The van der Waals surface area contributed by atoms with E-state index >= 15 is 0 Å². The molecule has 0 saturated carbocycles. The molecule has 3 atom stereocenters. The van der Waals surface area contributed by atoms with E-state index in [1.165, 1.54) is 5.56 Å². The fourth-order valence-electron chi connectivity index (χ4n) is 4.80. The molecule has 160 valence electrons. The van der Waals surface area contributed by atoms with Gasteiger partial charge in [0, 0.05) is 30.9 Å². The Labute approximate surface area is 178 Å². The highest BCUT2D eigenvalue weighted by atomic mass is 32.2. The van der Waals surface area contributed by atoms with Crippen LogP contribution < -0.4 is 4.90 Å². The lowest BCUT2D eigenvalue weighted by atomic mass is 10.1. The smallest absolute Gasteiger partial charge is 0.307 e. The Bertz CT molecular complexity index is 1050. The Morgan fingerprint density at radius 1 is 0.967 bits per heavy atom. The van der Waals surface area contributed by atoms with E-state index in [-0.39, 0.29) is 17.0 Å². The van der Waals surface area contributed by atoms with Crippen LogP contribution in [0.1, 0.15) is 30.5 Å². The topological polar surface area (TPSA) is 77.9 Å². The number of aryl methyl sites for hydroxylation is 1. The Balaban J connectivity index is 1.57. The van der Waals surface area contributed by atoms with Crippen LogP contribution in [0.3, 0.4) is 0 Å². The summed E-state index contributed by atoms with van der Waals surface area (Å²) in [5.74, 6) is -1.29. The maximum absolute atomic E-state index is 13.5. The second-order valence-corrected chi connectivity index (χ2v) is 10.5. The van der Waals surface area contributed by atoms with Crippen molar-refractivity contribution in [1.29, 1.82) is 0 Å². The number of carboxylic acids is 1. The molecule has 7 heteroatoms. The Morgan fingerprint density at radius 3 is 2.17 bits per heavy atom. The van der Waals surface area contributed by atoms with Crippen LogP contribution in [0.2, 0.25) is 0 Å². The zero-order chi connectivity index (χ0) is 21.6. The molecule has 1 aliphatic heterocycles. The molecule has 1 fully saturated rings. The van der Waals surface area contributed by atoms with E-state index < -0.39 is 21.9 Å². The van der Waals surface area contributed by atoms with Crippen molar-refractivity contribution >= 4 is 21.7 Å². The Hall–Kier alpha value is -2.38. The van der Waals surface area contributed by atoms with Gasteiger partial charge in [0.05, 0.1) is 10.8 Å². The number of carbonyl (C=O) groups is 1. The highest BCUT2D eigenvalue weighted by Gasteiger charge is 2.39. The molecule has 0 aromatic heterocycles. The minimum Gasteiger partial charge on any atom is -0.481 e. The third-order valence-electron chi connectivity index (χ3n) is 6.27. The van der Waals surface area contributed by atoms with Gasteiger partial charge in [-0.15, -0.1) is 0 Å². The summed E-state index contributed by atoms with van der Waals surface area (Å²) in [6.45, 7) is 7.19. The third kappa shape index (κ3) is 3.72. The number of benzene rings is 2. The molecule has 1 aliphatic carbocycles. The number of sulfonamides is 1. The fraction of sp³-hybridized carbons (Fsp3) is 0.435. The number of hydrogen-bond donors (Lipinski definition) is 1. The van der Waals surface area contributed by atoms with Gasteiger partial charge in [-0.2, -0.15) is 4.31 Å². The summed E-state index contributed by atoms with van der Waals surface area (Å²) < 4.78 is 28.6. The molecule has 0 radical (unpaired) electrons. The minimum absolute atomic E-state index is 0.180. The molecule has 2 aromatic rings. The number of piperazine rings is 1. The lowest BCUT2D eigenvalue weighted by Crippen LogP contribution is -2.58. The fourth-order valence-corrected chi connectivity index (χ4v) is 6.65. The monoisotopic (exact) mass is 428 g/mol. The van der Waals surface area contributed by atoms with Crippen molar-refractivity contribution in [2.75, 3.05) is 18.0 Å². The average Bonchev–Trinajstić information content (AvgIpc) is 3.11. The zero-order valence-corrected chi connectivity index (χ0v) is 18.4. The summed E-state index contributed by atoms with van der Waals surface area (Å²) in [6.07, 6.45) is 0.855. The number of nitrogens with zero attached hydrogens (tertiary/aromatic N) is 2. The first kappa shape index (κ1) is 20.9. The zero-order valence-electron chi connectivity index (χ0n) is 17.6. The molecule has 4 rings (SSSR count). The van der Waals surface area contributed by atoms with Gasteiger partial charge in [-0.1, -0.05) is 23.8 Å². The predicted molar refractivity (Wildman–Crippen MR) is 116 cm³/mol. The summed E-state index contributed by atoms with van der Waals surface area (Å²) in [5.41, 5.74) is 4.07. The van der Waals surface area contributed by atoms with Crippen LogP contribution in [0.5, 0.6) is 0 Å². The molecule has 30 heavy (non-hydrogen) atoms. The summed E-state index contributed by atoms with van der Waals surface area (Å²) in [5, 5.41) is 9.29. The van der Waals surface area contributed by atoms with Crippen LogP contribution in [-0.4, -0.2) is 49.0 Å². The van der Waals surface area contributed by atoms with E-state index in [0.29, 0.717) is 25.9 Å². The van der Waals surface area contributed by atoms with Gasteiger partial charge in [-0.25, -0.2) is 8.42 Å². The number of aliphatic carboxylic acids is 1.